The van der Waals surface area contributed by atoms with E-state index in [4.69, 9.17) is 4.52 Å². The Morgan fingerprint density at radius 1 is 1.04 bits per heavy atom. The molecule has 1 saturated heterocycles. The van der Waals surface area contributed by atoms with Gasteiger partial charge < -0.3 is 9.42 Å². The molecule has 1 aromatic heterocycles. The standard InChI is InChI=1S/C19H19FN4O3S/c1-14-21-19(22-27-14)15-3-2-4-18(13-15)28(25,26)24-11-9-23(10-12-24)17-7-5-16(20)6-8-17/h2-8,13H,9-12H2,1H3. The Morgan fingerprint density at radius 3 is 2.39 bits per heavy atom. The topological polar surface area (TPSA) is 79.5 Å². The molecule has 0 atom stereocenters. The fourth-order valence-corrected chi connectivity index (χ4v) is 4.67. The summed E-state index contributed by atoms with van der Waals surface area (Å²) >= 11 is 0. The molecule has 0 N–H and O–H groups in total. The summed E-state index contributed by atoms with van der Waals surface area (Å²) in [5.74, 6) is 0.484. The number of anilines is 1. The maximum Gasteiger partial charge on any atom is 0.243 e. The normalized spacial score (nSPS) is 15.7. The smallest absolute Gasteiger partial charge is 0.243 e. The average Bonchev–Trinajstić information content (AvgIpc) is 3.15. The van der Waals surface area contributed by atoms with Gasteiger partial charge in [0.15, 0.2) is 0 Å². The molecule has 0 spiro atoms. The molecule has 146 valence electrons. The van der Waals surface area contributed by atoms with Crippen molar-refractivity contribution in [3.05, 3.63) is 60.2 Å². The third-order valence-corrected chi connectivity index (χ3v) is 6.58. The van der Waals surface area contributed by atoms with Crippen molar-refractivity contribution in [2.24, 2.45) is 0 Å². The van der Waals surface area contributed by atoms with E-state index in [1.807, 2.05) is 4.90 Å². The van der Waals surface area contributed by atoms with Gasteiger partial charge in [-0.05, 0) is 36.4 Å². The highest BCUT2D eigenvalue weighted by atomic mass is 32.2. The van der Waals surface area contributed by atoms with Gasteiger partial charge in [0.2, 0.25) is 21.7 Å². The molecule has 28 heavy (non-hydrogen) atoms. The van der Waals surface area contributed by atoms with Crippen molar-refractivity contribution in [2.75, 3.05) is 31.1 Å². The predicted molar refractivity (Wildman–Crippen MR) is 102 cm³/mol. The maximum absolute atomic E-state index is 13.1. The lowest BCUT2D eigenvalue weighted by Crippen LogP contribution is -2.48. The zero-order chi connectivity index (χ0) is 19.7. The first-order valence-corrected chi connectivity index (χ1v) is 10.3. The summed E-state index contributed by atoms with van der Waals surface area (Å²) < 4.78 is 45.6. The first kappa shape index (κ1) is 18.6. The number of aryl methyl sites for hydroxylation is 1. The van der Waals surface area contributed by atoms with Crippen molar-refractivity contribution in [3.63, 3.8) is 0 Å². The van der Waals surface area contributed by atoms with Crippen LogP contribution in [0, 0.1) is 12.7 Å². The van der Waals surface area contributed by atoms with Gasteiger partial charge in [-0.15, -0.1) is 0 Å². The SMILES string of the molecule is Cc1nc(-c2cccc(S(=O)(=O)N3CCN(c4ccc(F)cc4)CC3)c2)no1. The molecule has 3 aromatic rings. The fourth-order valence-electron chi connectivity index (χ4n) is 3.20. The van der Waals surface area contributed by atoms with Crippen LogP contribution in [0.4, 0.5) is 10.1 Å². The summed E-state index contributed by atoms with van der Waals surface area (Å²) in [6.07, 6.45) is 0. The minimum absolute atomic E-state index is 0.197. The summed E-state index contributed by atoms with van der Waals surface area (Å²) in [5, 5.41) is 3.84. The number of halogens is 1. The van der Waals surface area contributed by atoms with E-state index in [1.165, 1.54) is 16.4 Å². The van der Waals surface area contributed by atoms with Crippen LogP contribution in [-0.4, -0.2) is 49.0 Å². The van der Waals surface area contributed by atoms with Crippen molar-refractivity contribution in [2.45, 2.75) is 11.8 Å². The Hall–Kier alpha value is -2.78. The van der Waals surface area contributed by atoms with E-state index in [-0.39, 0.29) is 10.7 Å². The number of hydrogen-bond donors (Lipinski definition) is 0. The van der Waals surface area contributed by atoms with Crippen LogP contribution in [0.1, 0.15) is 5.89 Å². The van der Waals surface area contributed by atoms with Gasteiger partial charge in [-0.1, -0.05) is 17.3 Å². The summed E-state index contributed by atoms with van der Waals surface area (Å²) in [4.78, 5) is 6.39. The van der Waals surface area contributed by atoms with Gasteiger partial charge in [0.05, 0.1) is 4.90 Å². The summed E-state index contributed by atoms with van der Waals surface area (Å²) in [6.45, 7) is 3.46. The van der Waals surface area contributed by atoms with Gasteiger partial charge >= 0.3 is 0 Å². The molecule has 2 heterocycles. The molecule has 0 radical (unpaired) electrons. The molecule has 0 aliphatic carbocycles. The van der Waals surface area contributed by atoms with E-state index in [0.29, 0.717) is 43.5 Å². The van der Waals surface area contributed by atoms with Crippen LogP contribution < -0.4 is 4.90 Å². The minimum Gasteiger partial charge on any atom is -0.369 e. The van der Waals surface area contributed by atoms with Gasteiger partial charge in [-0.2, -0.15) is 9.29 Å². The molecule has 4 rings (SSSR count). The van der Waals surface area contributed by atoms with Crippen LogP contribution in [0.25, 0.3) is 11.4 Å². The van der Waals surface area contributed by atoms with Gasteiger partial charge in [0, 0.05) is 44.4 Å². The van der Waals surface area contributed by atoms with Gasteiger partial charge in [0.25, 0.3) is 0 Å². The summed E-state index contributed by atoms with van der Waals surface area (Å²) in [5.41, 5.74) is 1.47. The quantitative estimate of drug-likeness (QED) is 0.668. The Balaban J connectivity index is 1.51. The first-order valence-electron chi connectivity index (χ1n) is 8.85. The van der Waals surface area contributed by atoms with Crippen LogP contribution >= 0.6 is 0 Å². The molecule has 1 aliphatic heterocycles. The van der Waals surface area contributed by atoms with Crippen LogP contribution in [0.3, 0.4) is 0 Å². The third kappa shape index (κ3) is 3.63. The lowest BCUT2D eigenvalue weighted by Gasteiger charge is -2.35. The van der Waals surface area contributed by atoms with E-state index >= 15 is 0 Å². The Bertz CT molecular complexity index is 1070. The van der Waals surface area contributed by atoms with Gasteiger partial charge in [0.1, 0.15) is 5.82 Å². The minimum atomic E-state index is -3.64. The highest BCUT2D eigenvalue weighted by Gasteiger charge is 2.29. The molecule has 1 aliphatic rings. The van der Waals surface area contributed by atoms with Crippen LogP contribution in [0.2, 0.25) is 0 Å². The molecule has 2 aromatic carbocycles. The number of piperazine rings is 1. The zero-order valence-corrected chi connectivity index (χ0v) is 16.1. The van der Waals surface area contributed by atoms with Crippen molar-refractivity contribution in [3.8, 4) is 11.4 Å². The number of nitrogens with zero attached hydrogens (tertiary/aromatic N) is 4. The van der Waals surface area contributed by atoms with Crippen LogP contribution in [0.5, 0.6) is 0 Å². The second kappa shape index (κ2) is 7.33. The second-order valence-corrected chi connectivity index (χ2v) is 8.47. The highest BCUT2D eigenvalue weighted by molar-refractivity contribution is 7.89. The third-order valence-electron chi connectivity index (χ3n) is 4.69. The number of benzene rings is 2. The fraction of sp³-hybridized carbons (Fsp3) is 0.263. The van der Waals surface area contributed by atoms with Gasteiger partial charge in [-0.3, -0.25) is 0 Å². The van der Waals surface area contributed by atoms with E-state index < -0.39 is 10.0 Å². The molecule has 7 nitrogen and oxygen atoms in total. The summed E-state index contributed by atoms with van der Waals surface area (Å²) in [7, 11) is -3.64. The van der Waals surface area contributed by atoms with E-state index in [0.717, 1.165) is 5.69 Å². The molecular weight excluding hydrogens is 383 g/mol. The van der Waals surface area contributed by atoms with Crippen molar-refractivity contribution in [1.82, 2.24) is 14.4 Å². The first-order chi connectivity index (χ1) is 13.4. The number of hydrogen-bond acceptors (Lipinski definition) is 6. The van der Waals surface area contributed by atoms with E-state index in [1.54, 1.807) is 43.3 Å². The van der Waals surface area contributed by atoms with Gasteiger partial charge in [-0.25, -0.2) is 12.8 Å². The largest absolute Gasteiger partial charge is 0.369 e. The molecule has 1 fully saturated rings. The molecule has 9 heteroatoms. The van der Waals surface area contributed by atoms with Crippen LogP contribution in [0.15, 0.2) is 57.9 Å². The molecule has 0 saturated carbocycles. The lowest BCUT2D eigenvalue weighted by atomic mass is 10.2. The Morgan fingerprint density at radius 2 is 1.75 bits per heavy atom. The lowest BCUT2D eigenvalue weighted by molar-refractivity contribution is 0.385. The maximum atomic E-state index is 13.1. The summed E-state index contributed by atoms with van der Waals surface area (Å²) in [6, 6.07) is 12.8. The van der Waals surface area contributed by atoms with Crippen LogP contribution in [-0.2, 0) is 10.0 Å². The zero-order valence-electron chi connectivity index (χ0n) is 15.2. The van der Waals surface area contributed by atoms with Crippen molar-refractivity contribution >= 4 is 15.7 Å². The number of sulfonamides is 1. The average molecular weight is 402 g/mol. The van der Waals surface area contributed by atoms with E-state index in [2.05, 4.69) is 10.1 Å². The number of rotatable bonds is 4. The second-order valence-electron chi connectivity index (χ2n) is 6.53. The Kier molecular flexibility index (Phi) is 4.86. The molecule has 0 unspecified atom stereocenters. The number of aromatic nitrogens is 2. The molecular formula is C19H19FN4O3S. The highest BCUT2D eigenvalue weighted by Crippen LogP contribution is 2.24. The van der Waals surface area contributed by atoms with Crippen molar-refractivity contribution in [1.29, 1.82) is 0 Å². The predicted octanol–water partition coefficient (Wildman–Crippen LogP) is 2.70. The molecule has 0 amide bonds. The van der Waals surface area contributed by atoms with E-state index in [9.17, 15) is 12.8 Å². The van der Waals surface area contributed by atoms with Crippen molar-refractivity contribution < 1.29 is 17.3 Å². The monoisotopic (exact) mass is 402 g/mol. The molecule has 0 bridgehead atoms. The Labute approximate surface area is 162 Å².